The van der Waals surface area contributed by atoms with Gasteiger partial charge in [-0.2, -0.15) is 0 Å². The van der Waals surface area contributed by atoms with Gasteiger partial charge in [-0.1, -0.05) is 17.7 Å². The summed E-state index contributed by atoms with van der Waals surface area (Å²) in [7, 11) is 1.53. The van der Waals surface area contributed by atoms with Gasteiger partial charge in [0.05, 0.1) is 38.5 Å². The SMILES string of the molecule is CCOc1ccc(C2/C(=C(\O)c3ccc(Cl)cc3)C(=O)C(=O)N2CCN2CCOCC2)cc1OC. The van der Waals surface area contributed by atoms with Crippen LogP contribution in [0.1, 0.15) is 24.1 Å². The number of hydrogen-bond donors (Lipinski definition) is 1. The van der Waals surface area contributed by atoms with Crippen LogP contribution in [0, 0.1) is 0 Å². The number of nitrogens with zero attached hydrogens (tertiary/aromatic N) is 2. The summed E-state index contributed by atoms with van der Waals surface area (Å²) in [5, 5.41) is 11.7. The Morgan fingerprint density at radius 3 is 2.46 bits per heavy atom. The van der Waals surface area contributed by atoms with Gasteiger partial charge in [0, 0.05) is 36.8 Å². The molecule has 1 unspecified atom stereocenters. The molecule has 0 bridgehead atoms. The Kier molecular flexibility index (Phi) is 7.95. The summed E-state index contributed by atoms with van der Waals surface area (Å²) in [6.07, 6.45) is 0. The van der Waals surface area contributed by atoms with Gasteiger partial charge in [-0.05, 0) is 48.9 Å². The predicted octanol–water partition coefficient (Wildman–Crippen LogP) is 3.50. The maximum atomic E-state index is 13.2. The van der Waals surface area contributed by atoms with Crippen molar-refractivity contribution in [3.63, 3.8) is 0 Å². The average Bonchev–Trinajstić information content (AvgIpc) is 3.13. The van der Waals surface area contributed by atoms with Gasteiger partial charge in [-0.3, -0.25) is 14.5 Å². The predicted molar refractivity (Wildman–Crippen MR) is 132 cm³/mol. The minimum absolute atomic E-state index is 0.0329. The van der Waals surface area contributed by atoms with Gasteiger partial charge in [-0.15, -0.1) is 0 Å². The first-order chi connectivity index (χ1) is 16.9. The second kappa shape index (κ2) is 11.1. The van der Waals surface area contributed by atoms with E-state index in [9.17, 15) is 14.7 Å². The molecule has 2 aromatic rings. The average molecular weight is 501 g/mol. The monoisotopic (exact) mass is 500 g/mol. The number of carbonyl (C=O) groups excluding carboxylic acids is 2. The lowest BCUT2D eigenvalue weighted by Gasteiger charge is -2.31. The van der Waals surface area contributed by atoms with Gasteiger partial charge in [-0.25, -0.2) is 0 Å². The highest BCUT2D eigenvalue weighted by Crippen LogP contribution is 2.42. The van der Waals surface area contributed by atoms with Gasteiger partial charge in [0.1, 0.15) is 5.76 Å². The smallest absolute Gasteiger partial charge is 0.295 e. The first kappa shape index (κ1) is 25.0. The zero-order valence-corrected chi connectivity index (χ0v) is 20.6. The van der Waals surface area contributed by atoms with Gasteiger partial charge in [0.15, 0.2) is 11.5 Å². The van der Waals surface area contributed by atoms with Crippen LogP contribution in [0.15, 0.2) is 48.0 Å². The van der Waals surface area contributed by atoms with E-state index in [1.807, 2.05) is 6.92 Å². The molecule has 1 N–H and O–H groups in total. The molecule has 35 heavy (non-hydrogen) atoms. The molecule has 0 radical (unpaired) electrons. The number of aliphatic hydroxyl groups excluding tert-OH is 1. The van der Waals surface area contributed by atoms with Crippen LogP contribution in [0.25, 0.3) is 5.76 Å². The summed E-state index contributed by atoms with van der Waals surface area (Å²) < 4.78 is 16.5. The van der Waals surface area contributed by atoms with Crippen LogP contribution in [0.2, 0.25) is 5.02 Å². The third-order valence-corrected chi connectivity index (χ3v) is 6.47. The number of methoxy groups -OCH3 is 1. The number of rotatable bonds is 8. The van der Waals surface area contributed by atoms with Gasteiger partial charge in [0.2, 0.25) is 0 Å². The summed E-state index contributed by atoms with van der Waals surface area (Å²) in [5.74, 6) is -0.577. The number of hydrogen-bond acceptors (Lipinski definition) is 7. The number of benzene rings is 2. The summed E-state index contributed by atoms with van der Waals surface area (Å²) in [5.41, 5.74) is 1.08. The molecule has 2 heterocycles. The van der Waals surface area contributed by atoms with E-state index < -0.39 is 17.7 Å². The molecule has 9 heteroatoms. The number of ether oxygens (including phenoxy) is 3. The fourth-order valence-electron chi connectivity index (χ4n) is 4.42. The van der Waals surface area contributed by atoms with Crippen LogP contribution in [0.5, 0.6) is 11.5 Å². The molecular formula is C26H29ClN2O6. The van der Waals surface area contributed by atoms with Gasteiger partial charge in [0.25, 0.3) is 11.7 Å². The van der Waals surface area contributed by atoms with E-state index in [1.165, 1.54) is 12.0 Å². The highest BCUT2D eigenvalue weighted by Gasteiger charge is 2.46. The van der Waals surface area contributed by atoms with Crippen molar-refractivity contribution in [2.45, 2.75) is 13.0 Å². The number of Topliss-reactive ketones (excluding diaryl/α,β-unsaturated/α-hetero) is 1. The van der Waals surface area contributed by atoms with Crippen molar-refractivity contribution in [2.24, 2.45) is 0 Å². The fourth-order valence-corrected chi connectivity index (χ4v) is 4.55. The van der Waals surface area contributed by atoms with Crippen molar-refractivity contribution in [3.8, 4) is 11.5 Å². The number of halogens is 1. The fraction of sp³-hybridized carbons (Fsp3) is 0.385. The minimum Gasteiger partial charge on any atom is -0.507 e. The minimum atomic E-state index is -0.781. The van der Waals surface area contributed by atoms with E-state index in [0.29, 0.717) is 60.6 Å². The lowest BCUT2D eigenvalue weighted by atomic mass is 9.95. The molecule has 186 valence electrons. The van der Waals surface area contributed by atoms with Crippen LogP contribution < -0.4 is 9.47 Å². The van der Waals surface area contributed by atoms with Crippen LogP contribution in [0.4, 0.5) is 0 Å². The maximum absolute atomic E-state index is 13.2. The third kappa shape index (κ3) is 5.29. The molecule has 2 fully saturated rings. The molecule has 1 atom stereocenters. The first-order valence-corrected chi connectivity index (χ1v) is 12.0. The molecule has 0 aromatic heterocycles. The molecule has 0 aliphatic carbocycles. The number of aliphatic hydroxyl groups is 1. The molecule has 2 saturated heterocycles. The Labute approximate surface area is 209 Å². The number of morpholine rings is 1. The number of likely N-dealkylation sites (tertiary alicyclic amines) is 1. The number of amides is 1. The molecule has 4 rings (SSSR count). The molecule has 2 aromatic carbocycles. The number of ketones is 1. The standard InChI is InChI=1S/C26H29ClN2O6/c1-3-35-20-9-6-18(16-21(20)33-2)23-22(24(30)17-4-7-19(27)8-5-17)25(31)26(32)29(23)11-10-28-12-14-34-15-13-28/h4-9,16,23,30H,3,10-15H2,1-2H3/b24-22+. The quantitative estimate of drug-likeness (QED) is 0.337. The summed E-state index contributed by atoms with van der Waals surface area (Å²) in [6, 6.07) is 11.0. The lowest BCUT2D eigenvalue weighted by Crippen LogP contribution is -2.42. The Morgan fingerprint density at radius 2 is 1.80 bits per heavy atom. The van der Waals surface area contributed by atoms with Crippen LogP contribution in [0.3, 0.4) is 0 Å². The molecule has 8 nitrogen and oxygen atoms in total. The van der Waals surface area contributed by atoms with Crippen molar-refractivity contribution >= 4 is 29.1 Å². The van der Waals surface area contributed by atoms with Crippen LogP contribution >= 0.6 is 11.6 Å². The molecule has 2 aliphatic heterocycles. The third-order valence-electron chi connectivity index (χ3n) is 6.22. The Bertz CT molecular complexity index is 1110. The molecule has 0 saturated carbocycles. The zero-order chi connectivity index (χ0) is 24.9. The second-order valence-electron chi connectivity index (χ2n) is 8.30. The van der Waals surface area contributed by atoms with E-state index in [-0.39, 0.29) is 11.3 Å². The second-order valence-corrected chi connectivity index (χ2v) is 8.73. The van der Waals surface area contributed by atoms with Crippen molar-refractivity contribution in [2.75, 3.05) is 53.1 Å². The largest absolute Gasteiger partial charge is 0.507 e. The van der Waals surface area contributed by atoms with Crippen molar-refractivity contribution < 1.29 is 28.9 Å². The Hall–Kier alpha value is -3.07. The van der Waals surface area contributed by atoms with Gasteiger partial charge < -0.3 is 24.2 Å². The molecule has 1 amide bonds. The van der Waals surface area contributed by atoms with E-state index in [1.54, 1.807) is 42.5 Å². The van der Waals surface area contributed by atoms with E-state index in [4.69, 9.17) is 25.8 Å². The van der Waals surface area contributed by atoms with Crippen molar-refractivity contribution in [1.29, 1.82) is 0 Å². The maximum Gasteiger partial charge on any atom is 0.295 e. The molecule has 2 aliphatic rings. The van der Waals surface area contributed by atoms with E-state index in [0.717, 1.165) is 13.1 Å². The topological polar surface area (TPSA) is 88.5 Å². The molecule has 0 spiro atoms. The highest BCUT2D eigenvalue weighted by atomic mass is 35.5. The Balaban J connectivity index is 1.77. The van der Waals surface area contributed by atoms with Crippen LogP contribution in [-0.2, 0) is 14.3 Å². The van der Waals surface area contributed by atoms with E-state index >= 15 is 0 Å². The van der Waals surface area contributed by atoms with Crippen molar-refractivity contribution in [1.82, 2.24) is 9.80 Å². The summed E-state index contributed by atoms with van der Waals surface area (Å²) in [6.45, 7) is 6.03. The summed E-state index contributed by atoms with van der Waals surface area (Å²) in [4.78, 5) is 30.1. The van der Waals surface area contributed by atoms with Crippen LogP contribution in [-0.4, -0.2) is 79.7 Å². The highest BCUT2D eigenvalue weighted by molar-refractivity contribution is 6.46. The normalized spacial score (nSPS) is 20.3. The summed E-state index contributed by atoms with van der Waals surface area (Å²) >= 11 is 6.00. The lowest BCUT2D eigenvalue weighted by molar-refractivity contribution is -0.140. The number of carbonyl (C=O) groups is 2. The van der Waals surface area contributed by atoms with Gasteiger partial charge >= 0.3 is 0 Å². The van der Waals surface area contributed by atoms with Crippen molar-refractivity contribution in [3.05, 3.63) is 64.2 Å². The first-order valence-electron chi connectivity index (χ1n) is 11.6. The zero-order valence-electron chi connectivity index (χ0n) is 19.8. The van der Waals surface area contributed by atoms with E-state index in [2.05, 4.69) is 4.90 Å². The molecular weight excluding hydrogens is 472 g/mol. The Morgan fingerprint density at radius 1 is 1.09 bits per heavy atom.